The second-order valence-corrected chi connectivity index (χ2v) is 6.56. The van der Waals surface area contributed by atoms with Gasteiger partial charge in [-0.2, -0.15) is 0 Å². The van der Waals surface area contributed by atoms with Gasteiger partial charge in [0.15, 0.2) is 0 Å². The molecule has 0 radical (unpaired) electrons. The van der Waals surface area contributed by atoms with Crippen LogP contribution in [0.2, 0.25) is 0 Å². The van der Waals surface area contributed by atoms with Crippen LogP contribution >= 0.6 is 23.5 Å². The summed E-state index contributed by atoms with van der Waals surface area (Å²) in [6, 6.07) is 0. The molecular weight excluding hydrogens is 176 g/mol. The number of rotatable bonds is 2. The van der Waals surface area contributed by atoms with Crippen molar-refractivity contribution in [3.05, 3.63) is 0 Å². The molecule has 0 aromatic carbocycles. The van der Waals surface area contributed by atoms with Crippen molar-refractivity contribution < 1.29 is 5.11 Å². The highest BCUT2D eigenvalue weighted by molar-refractivity contribution is 8.21. The Kier molecular flexibility index (Phi) is 2.83. The fourth-order valence-corrected chi connectivity index (χ4v) is 4.34. The maximum Gasteiger partial charge on any atom is 0.0866 e. The summed E-state index contributed by atoms with van der Waals surface area (Å²) < 4.78 is 0.0295. The third-order valence-corrected chi connectivity index (χ3v) is 6.27. The van der Waals surface area contributed by atoms with Crippen molar-refractivity contribution in [3.8, 4) is 0 Å². The smallest absolute Gasteiger partial charge is 0.0866 e. The van der Waals surface area contributed by atoms with Gasteiger partial charge in [0.25, 0.3) is 0 Å². The lowest BCUT2D eigenvalue weighted by Crippen LogP contribution is -2.42. The number of hydrogen-bond acceptors (Lipinski definition) is 3. The second kappa shape index (κ2) is 3.19. The van der Waals surface area contributed by atoms with Crippen molar-refractivity contribution in [1.29, 1.82) is 0 Å². The summed E-state index contributed by atoms with van der Waals surface area (Å²) >= 11 is 3.78. The fourth-order valence-electron chi connectivity index (χ4n) is 1.15. The summed E-state index contributed by atoms with van der Waals surface area (Å²) in [6.07, 6.45) is 0.837. The van der Waals surface area contributed by atoms with E-state index in [1.807, 2.05) is 37.4 Å². The molecule has 1 atom stereocenters. The zero-order valence-electron chi connectivity index (χ0n) is 7.39. The Bertz CT molecular complexity index is 139. The number of thioether (sulfide) groups is 2. The topological polar surface area (TPSA) is 20.2 Å². The average Bonchev–Trinajstić information content (AvgIpc) is 2.38. The van der Waals surface area contributed by atoms with Gasteiger partial charge in [-0.3, -0.25) is 0 Å². The molecule has 0 saturated carbocycles. The van der Waals surface area contributed by atoms with E-state index in [4.69, 9.17) is 0 Å². The predicted molar refractivity (Wildman–Crippen MR) is 54.2 cm³/mol. The first kappa shape index (κ1) is 9.75. The van der Waals surface area contributed by atoms with Gasteiger partial charge in [0.05, 0.1) is 9.68 Å². The van der Waals surface area contributed by atoms with E-state index in [1.165, 1.54) is 11.5 Å². The first-order valence-corrected chi connectivity index (χ1v) is 5.99. The summed E-state index contributed by atoms with van der Waals surface area (Å²) in [6.45, 7) is 6.14. The molecule has 0 aliphatic carbocycles. The molecule has 1 fully saturated rings. The van der Waals surface area contributed by atoms with E-state index in [0.717, 1.165) is 6.42 Å². The SMILES string of the molecule is CCC(C)(O)C1(C)SCCS1. The molecule has 1 aliphatic rings. The highest BCUT2D eigenvalue weighted by Crippen LogP contribution is 2.51. The third kappa shape index (κ3) is 1.70. The van der Waals surface area contributed by atoms with Gasteiger partial charge in [-0.25, -0.2) is 0 Å². The van der Waals surface area contributed by atoms with Crippen molar-refractivity contribution in [2.75, 3.05) is 11.5 Å². The first-order chi connectivity index (χ1) is 5.02. The van der Waals surface area contributed by atoms with Crippen LogP contribution in [-0.2, 0) is 0 Å². The minimum Gasteiger partial charge on any atom is -0.388 e. The Balaban J connectivity index is 2.69. The molecule has 0 spiro atoms. The van der Waals surface area contributed by atoms with Gasteiger partial charge < -0.3 is 5.11 Å². The molecule has 1 unspecified atom stereocenters. The Morgan fingerprint density at radius 1 is 1.45 bits per heavy atom. The van der Waals surface area contributed by atoms with Crippen molar-refractivity contribution >= 4 is 23.5 Å². The van der Waals surface area contributed by atoms with E-state index in [2.05, 4.69) is 6.92 Å². The van der Waals surface area contributed by atoms with Crippen LogP contribution in [0.25, 0.3) is 0 Å². The lowest BCUT2D eigenvalue weighted by molar-refractivity contribution is 0.0487. The van der Waals surface area contributed by atoms with Crippen molar-refractivity contribution in [2.45, 2.75) is 36.9 Å². The molecule has 66 valence electrons. The van der Waals surface area contributed by atoms with Gasteiger partial charge in [-0.1, -0.05) is 6.92 Å². The summed E-state index contributed by atoms with van der Waals surface area (Å²) in [5.74, 6) is 2.36. The van der Waals surface area contributed by atoms with Crippen molar-refractivity contribution in [2.24, 2.45) is 0 Å². The van der Waals surface area contributed by atoms with E-state index in [1.54, 1.807) is 0 Å². The van der Waals surface area contributed by atoms with Crippen LogP contribution < -0.4 is 0 Å². The quantitative estimate of drug-likeness (QED) is 0.725. The molecule has 1 rings (SSSR count). The average molecular weight is 192 g/mol. The maximum atomic E-state index is 10.0. The zero-order chi connectivity index (χ0) is 8.54. The standard InChI is InChI=1S/C8H16OS2/c1-4-7(2,9)8(3)10-5-6-11-8/h9H,4-6H2,1-3H3. The second-order valence-electron chi connectivity index (χ2n) is 3.27. The number of aliphatic hydroxyl groups is 1. The molecule has 1 aliphatic heterocycles. The highest BCUT2D eigenvalue weighted by Gasteiger charge is 2.45. The van der Waals surface area contributed by atoms with Crippen LogP contribution in [0.3, 0.4) is 0 Å². The van der Waals surface area contributed by atoms with E-state index in [9.17, 15) is 5.11 Å². The Labute approximate surface area is 77.3 Å². The van der Waals surface area contributed by atoms with Crippen LogP contribution in [0.15, 0.2) is 0 Å². The molecule has 1 nitrogen and oxygen atoms in total. The van der Waals surface area contributed by atoms with Gasteiger partial charge in [0.2, 0.25) is 0 Å². The lowest BCUT2D eigenvalue weighted by atomic mass is 9.99. The molecule has 0 aromatic heterocycles. The van der Waals surface area contributed by atoms with E-state index >= 15 is 0 Å². The summed E-state index contributed by atoms with van der Waals surface area (Å²) in [5.41, 5.74) is -0.515. The molecule has 1 heterocycles. The molecule has 11 heavy (non-hydrogen) atoms. The van der Waals surface area contributed by atoms with Crippen LogP contribution in [0.1, 0.15) is 27.2 Å². The molecule has 0 aromatic rings. The summed E-state index contributed by atoms with van der Waals surface area (Å²) in [4.78, 5) is 0. The Morgan fingerprint density at radius 2 is 1.91 bits per heavy atom. The first-order valence-electron chi connectivity index (χ1n) is 4.02. The van der Waals surface area contributed by atoms with Gasteiger partial charge in [0, 0.05) is 11.5 Å². The van der Waals surface area contributed by atoms with Gasteiger partial charge in [-0.15, -0.1) is 23.5 Å². The molecule has 3 heteroatoms. The Morgan fingerprint density at radius 3 is 2.27 bits per heavy atom. The van der Waals surface area contributed by atoms with Gasteiger partial charge in [0.1, 0.15) is 0 Å². The summed E-state index contributed by atoms with van der Waals surface area (Å²) in [5, 5.41) is 10.0. The van der Waals surface area contributed by atoms with Crippen molar-refractivity contribution in [1.82, 2.24) is 0 Å². The van der Waals surface area contributed by atoms with Crippen LogP contribution in [0.5, 0.6) is 0 Å². The van der Waals surface area contributed by atoms with Crippen LogP contribution in [-0.4, -0.2) is 26.3 Å². The van der Waals surface area contributed by atoms with E-state index < -0.39 is 5.60 Å². The molecule has 0 bridgehead atoms. The normalized spacial score (nSPS) is 28.4. The molecular formula is C8H16OS2. The molecule has 0 amide bonds. The predicted octanol–water partition coefficient (Wildman–Crippen LogP) is 2.34. The van der Waals surface area contributed by atoms with Crippen LogP contribution in [0, 0.1) is 0 Å². The number of hydrogen-bond donors (Lipinski definition) is 1. The summed E-state index contributed by atoms with van der Waals surface area (Å²) in [7, 11) is 0. The monoisotopic (exact) mass is 192 g/mol. The molecule has 1 saturated heterocycles. The van der Waals surface area contributed by atoms with Crippen molar-refractivity contribution in [3.63, 3.8) is 0 Å². The minimum absolute atomic E-state index is 0.0295. The fraction of sp³-hybridized carbons (Fsp3) is 1.00. The van der Waals surface area contributed by atoms with Gasteiger partial charge in [-0.05, 0) is 20.3 Å². The van der Waals surface area contributed by atoms with Crippen LogP contribution in [0.4, 0.5) is 0 Å². The van der Waals surface area contributed by atoms with Gasteiger partial charge >= 0.3 is 0 Å². The van der Waals surface area contributed by atoms with E-state index in [-0.39, 0.29) is 4.08 Å². The largest absolute Gasteiger partial charge is 0.388 e. The minimum atomic E-state index is -0.515. The Hall–Kier alpha value is 0.660. The maximum absolute atomic E-state index is 10.0. The third-order valence-electron chi connectivity index (χ3n) is 2.51. The highest BCUT2D eigenvalue weighted by atomic mass is 32.2. The van der Waals surface area contributed by atoms with E-state index in [0.29, 0.717) is 0 Å². The molecule has 1 N–H and O–H groups in total. The lowest BCUT2D eigenvalue weighted by Gasteiger charge is -2.37. The zero-order valence-corrected chi connectivity index (χ0v) is 9.02.